The van der Waals surface area contributed by atoms with E-state index >= 15 is 0 Å². The Morgan fingerprint density at radius 2 is 2.29 bits per heavy atom. The second-order valence-electron chi connectivity index (χ2n) is 4.79. The van der Waals surface area contributed by atoms with Crippen LogP contribution in [-0.4, -0.2) is 23.4 Å². The molecule has 1 aliphatic heterocycles. The molecular weight excluding hydrogens is 212 g/mol. The van der Waals surface area contributed by atoms with Gasteiger partial charge in [-0.1, -0.05) is 13.0 Å². The molecule has 1 atom stereocenters. The molecule has 1 aromatic carbocycles. The van der Waals surface area contributed by atoms with Crippen LogP contribution in [0, 0.1) is 6.92 Å². The lowest BCUT2D eigenvalue weighted by molar-refractivity contribution is 0.0735. The van der Waals surface area contributed by atoms with E-state index in [1.54, 1.807) is 0 Å². The van der Waals surface area contributed by atoms with E-state index in [-0.39, 0.29) is 5.91 Å². The van der Waals surface area contributed by atoms with Crippen molar-refractivity contribution >= 4 is 11.6 Å². The van der Waals surface area contributed by atoms with E-state index in [2.05, 4.69) is 6.92 Å². The Kier molecular flexibility index (Phi) is 3.36. The Bertz CT molecular complexity index is 428. The van der Waals surface area contributed by atoms with E-state index in [0.29, 0.717) is 17.3 Å². The smallest absolute Gasteiger partial charge is 0.256 e. The van der Waals surface area contributed by atoms with Gasteiger partial charge in [-0.2, -0.15) is 0 Å². The number of rotatable bonds is 2. The Morgan fingerprint density at radius 3 is 2.94 bits per heavy atom. The quantitative estimate of drug-likeness (QED) is 0.797. The maximum atomic E-state index is 12.4. The third-order valence-electron chi connectivity index (χ3n) is 3.55. The third-order valence-corrected chi connectivity index (χ3v) is 3.55. The molecule has 0 aromatic heterocycles. The van der Waals surface area contributed by atoms with Crippen LogP contribution >= 0.6 is 0 Å². The predicted molar refractivity (Wildman–Crippen MR) is 69.9 cm³/mol. The number of carbonyl (C=O) groups is 1. The van der Waals surface area contributed by atoms with Crippen LogP contribution in [0.4, 0.5) is 5.69 Å². The highest BCUT2D eigenvalue weighted by Gasteiger charge is 2.28. The molecule has 1 saturated heterocycles. The zero-order valence-corrected chi connectivity index (χ0v) is 10.6. The number of likely N-dealkylation sites (tertiary alicyclic amines) is 1. The van der Waals surface area contributed by atoms with Crippen molar-refractivity contribution in [3.63, 3.8) is 0 Å². The van der Waals surface area contributed by atoms with Crippen molar-refractivity contribution in [2.75, 3.05) is 12.3 Å². The largest absolute Gasteiger partial charge is 0.398 e. The van der Waals surface area contributed by atoms with Gasteiger partial charge in [0, 0.05) is 18.3 Å². The topological polar surface area (TPSA) is 46.3 Å². The van der Waals surface area contributed by atoms with Crippen LogP contribution in [0.5, 0.6) is 0 Å². The molecule has 2 N–H and O–H groups in total. The number of hydrogen-bond donors (Lipinski definition) is 1. The van der Waals surface area contributed by atoms with Gasteiger partial charge in [0.1, 0.15) is 0 Å². The van der Waals surface area contributed by atoms with E-state index in [1.807, 2.05) is 30.0 Å². The number of benzene rings is 1. The molecule has 3 heteroatoms. The predicted octanol–water partition coefficient (Wildman–Crippen LogP) is 2.59. The van der Waals surface area contributed by atoms with Crippen molar-refractivity contribution in [2.24, 2.45) is 0 Å². The van der Waals surface area contributed by atoms with Gasteiger partial charge in [0.15, 0.2) is 0 Å². The molecule has 1 fully saturated rings. The van der Waals surface area contributed by atoms with Gasteiger partial charge in [0.2, 0.25) is 0 Å². The van der Waals surface area contributed by atoms with Crippen LogP contribution in [0.15, 0.2) is 18.2 Å². The van der Waals surface area contributed by atoms with Gasteiger partial charge in [0.05, 0.1) is 5.56 Å². The standard InChI is InChI=1S/C14H20N2O/c1-3-11-5-4-8-16(11)14(17)12-7-6-10(2)9-13(12)15/h6-7,9,11H,3-5,8,15H2,1-2H3. The lowest BCUT2D eigenvalue weighted by Crippen LogP contribution is -2.35. The van der Waals surface area contributed by atoms with Crippen LogP contribution in [0.3, 0.4) is 0 Å². The Balaban J connectivity index is 2.24. The molecule has 2 rings (SSSR count). The van der Waals surface area contributed by atoms with Gasteiger partial charge in [-0.3, -0.25) is 4.79 Å². The second-order valence-corrected chi connectivity index (χ2v) is 4.79. The summed E-state index contributed by atoms with van der Waals surface area (Å²) in [6, 6.07) is 6.05. The summed E-state index contributed by atoms with van der Waals surface area (Å²) in [5, 5.41) is 0. The molecule has 0 spiro atoms. The summed E-state index contributed by atoms with van der Waals surface area (Å²) in [5.41, 5.74) is 8.26. The molecule has 17 heavy (non-hydrogen) atoms. The van der Waals surface area contributed by atoms with Crippen LogP contribution in [0.25, 0.3) is 0 Å². The molecule has 1 heterocycles. The molecule has 1 aliphatic rings. The second kappa shape index (κ2) is 4.78. The van der Waals surface area contributed by atoms with Crippen LogP contribution < -0.4 is 5.73 Å². The number of hydrogen-bond acceptors (Lipinski definition) is 2. The minimum absolute atomic E-state index is 0.0897. The van der Waals surface area contributed by atoms with Gasteiger partial charge >= 0.3 is 0 Å². The highest BCUT2D eigenvalue weighted by atomic mass is 16.2. The Labute approximate surface area is 103 Å². The maximum absolute atomic E-state index is 12.4. The summed E-state index contributed by atoms with van der Waals surface area (Å²) in [6.07, 6.45) is 3.25. The molecule has 1 amide bonds. The van der Waals surface area contributed by atoms with Crippen molar-refractivity contribution in [3.05, 3.63) is 29.3 Å². The zero-order chi connectivity index (χ0) is 12.4. The lowest BCUT2D eigenvalue weighted by atomic mass is 10.1. The summed E-state index contributed by atoms with van der Waals surface area (Å²) in [7, 11) is 0. The van der Waals surface area contributed by atoms with Crippen molar-refractivity contribution in [1.29, 1.82) is 0 Å². The molecule has 0 radical (unpaired) electrons. The minimum Gasteiger partial charge on any atom is -0.398 e. The molecule has 0 bridgehead atoms. The monoisotopic (exact) mass is 232 g/mol. The first-order valence-electron chi connectivity index (χ1n) is 6.30. The first-order valence-corrected chi connectivity index (χ1v) is 6.30. The maximum Gasteiger partial charge on any atom is 0.256 e. The van der Waals surface area contributed by atoms with E-state index in [4.69, 9.17) is 5.73 Å². The number of nitrogens with zero attached hydrogens (tertiary/aromatic N) is 1. The number of carbonyl (C=O) groups excluding carboxylic acids is 1. The fraction of sp³-hybridized carbons (Fsp3) is 0.500. The highest BCUT2D eigenvalue weighted by molar-refractivity contribution is 5.99. The fourth-order valence-electron chi connectivity index (χ4n) is 2.56. The summed E-state index contributed by atoms with van der Waals surface area (Å²) in [4.78, 5) is 14.4. The molecule has 0 aliphatic carbocycles. The summed E-state index contributed by atoms with van der Waals surface area (Å²) >= 11 is 0. The van der Waals surface area contributed by atoms with Gasteiger partial charge in [-0.05, 0) is 43.9 Å². The molecule has 3 nitrogen and oxygen atoms in total. The van der Waals surface area contributed by atoms with E-state index < -0.39 is 0 Å². The average Bonchev–Trinajstić information content (AvgIpc) is 2.76. The van der Waals surface area contributed by atoms with Crippen LogP contribution in [0.2, 0.25) is 0 Å². The molecular formula is C14H20N2O. The first-order chi connectivity index (χ1) is 8.13. The summed E-state index contributed by atoms with van der Waals surface area (Å²) < 4.78 is 0. The summed E-state index contributed by atoms with van der Waals surface area (Å²) in [5.74, 6) is 0.0897. The van der Waals surface area contributed by atoms with Crippen molar-refractivity contribution in [3.8, 4) is 0 Å². The number of aryl methyl sites for hydroxylation is 1. The van der Waals surface area contributed by atoms with Gasteiger partial charge in [-0.15, -0.1) is 0 Å². The molecule has 1 aromatic rings. The normalized spacial score (nSPS) is 19.6. The number of anilines is 1. The van der Waals surface area contributed by atoms with Crippen molar-refractivity contribution in [2.45, 2.75) is 39.2 Å². The fourth-order valence-corrected chi connectivity index (χ4v) is 2.56. The average molecular weight is 232 g/mol. The number of amides is 1. The van der Waals surface area contributed by atoms with E-state index in [9.17, 15) is 4.79 Å². The van der Waals surface area contributed by atoms with Gasteiger partial charge in [-0.25, -0.2) is 0 Å². The molecule has 1 unspecified atom stereocenters. The van der Waals surface area contributed by atoms with Crippen molar-refractivity contribution in [1.82, 2.24) is 4.90 Å². The van der Waals surface area contributed by atoms with Crippen LogP contribution in [-0.2, 0) is 0 Å². The Hall–Kier alpha value is -1.51. The molecule has 92 valence electrons. The highest BCUT2D eigenvalue weighted by Crippen LogP contribution is 2.24. The summed E-state index contributed by atoms with van der Waals surface area (Å²) in [6.45, 7) is 4.98. The number of nitrogen functional groups attached to an aromatic ring is 1. The minimum atomic E-state index is 0.0897. The number of nitrogens with two attached hydrogens (primary N) is 1. The van der Waals surface area contributed by atoms with E-state index in [0.717, 1.165) is 31.4 Å². The third kappa shape index (κ3) is 2.28. The SMILES string of the molecule is CCC1CCCN1C(=O)c1ccc(C)cc1N. The lowest BCUT2D eigenvalue weighted by Gasteiger charge is -2.24. The first kappa shape index (κ1) is 12.0. The van der Waals surface area contributed by atoms with Crippen LogP contribution in [0.1, 0.15) is 42.1 Å². The van der Waals surface area contributed by atoms with Gasteiger partial charge < -0.3 is 10.6 Å². The Morgan fingerprint density at radius 1 is 1.53 bits per heavy atom. The molecule has 0 saturated carbocycles. The van der Waals surface area contributed by atoms with Crippen molar-refractivity contribution < 1.29 is 4.79 Å². The van der Waals surface area contributed by atoms with Gasteiger partial charge in [0.25, 0.3) is 5.91 Å². The zero-order valence-electron chi connectivity index (χ0n) is 10.6. The van der Waals surface area contributed by atoms with E-state index in [1.165, 1.54) is 0 Å².